The number of nitrogens with zero attached hydrogens (tertiary/aromatic N) is 2. The molecule has 2 fully saturated rings. The summed E-state index contributed by atoms with van der Waals surface area (Å²) in [7, 11) is 1.95. The second-order valence-corrected chi connectivity index (χ2v) is 4.58. The number of nitrogens with one attached hydrogen (secondary N) is 1. The van der Waals surface area contributed by atoms with Crippen molar-refractivity contribution >= 4 is 5.91 Å². The Hall–Kier alpha value is -0.610. The smallest absolute Gasteiger partial charge is 0.239 e. The van der Waals surface area contributed by atoms with Gasteiger partial charge in [0.2, 0.25) is 5.91 Å². The minimum absolute atomic E-state index is 0.0766. The maximum atomic E-state index is 12.0. The summed E-state index contributed by atoms with van der Waals surface area (Å²) in [6, 6.07) is 0.652. The van der Waals surface area contributed by atoms with E-state index in [-0.39, 0.29) is 6.04 Å². The molecule has 0 aromatic rings. The van der Waals surface area contributed by atoms with Crippen LogP contribution in [-0.2, 0) is 4.79 Å². The average Bonchev–Trinajstić information content (AvgIpc) is 3.04. The first-order chi connectivity index (χ1) is 7.24. The Bertz CT molecular complexity index is 240. The third-order valence-corrected chi connectivity index (χ3v) is 3.45. The molecule has 1 heterocycles. The van der Waals surface area contributed by atoms with Gasteiger partial charge in [0.15, 0.2) is 0 Å². The largest absolute Gasteiger partial charge is 0.337 e. The van der Waals surface area contributed by atoms with E-state index in [0.717, 1.165) is 26.2 Å². The highest BCUT2D eigenvalue weighted by molar-refractivity contribution is 5.82. The van der Waals surface area contributed by atoms with Gasteiger partial charge in [0.05, 0.1) is 6.04 Å². The lowest BCUT2D eigenvalue weighted by Crippen LogP contribution is -2.57. The van der Waals surface area contributed by atoms with Crippen LogP contribution in [0.1, 0.15) is 19.8 Å². The third-order valence-electron chi connectivity index (χ3n) is 3.45. The van der Waals surface area contributed by atoms with Crippen LogP contribution in [-0.4, -0.2) is 61.0 Å². The minimum atomic E-state index is 0.0766. The van der Waals surface area contributed by atoms with Crippen molar-refractivity contribution in [3.63, 3.8) is 0 Å². The van der Waals surface area contributed by atoms with Crippen molar-refractivity contribution in [2.75, 3.05) is 33.2 Å². The van der Waals surface area contributed by atoms with Gasteiger partial charge in [0.1, 0.15) is 0 Å². The number of hydrogen-bond donors (Lipinski definition) is 1. The maximum Gasteiger partial charge on any atom is 0.239 e. The first-order valence-electron chi connectivity index (χ1n) is 5.93. The number of piperazine rings is 1. The zero-order valence-electron chi connectivity index (χ0n) is 9.70. The molecule has 2 rings (SSSR count). The normalized spacial score (nSPS) is 28.5. The number of carbonyl (C=O) groups excluding carboxylic acids is 1. The lowest BCUT2D eigenvalue weighted by Gasteiger charge is -2.39. The van der Waals surface area contributed by atoms with E-state index in [1.54, 1.807) is 0 Å². The summed E-state index contributed by atoms with van der Waals surface area (Å²) in [5.41, 5.74) is 0. The molecule has 1 saturated heterocycles. The van der Waals surface area contributed by atoms with Crippen LogP contribution in [0.25, 0.3) is 0 Å². The summed E-state index contributed by atoms with van der Waals surface area (Å²) in [5.74, 6) is 0.333. The Morgan fingerprint density at radius 1 is 1.40 bits per heavy atom. The van der Waals surface area contributed by atoms with Crippen molar-refractivity contribution in [3.8, 4) is 0 Å². The molecule has 1 saturated carbocycles. The standard InChI is InChI=1S/C11H21N3O/c1-9-11(15)14(10-3-4-10)8-7-13(9)6-5-12-2/h9-10,12H,3-8H2,1-2H3. The molecular weight excluding hydrogens is 190 g/mol. The number of amides is 1. The van der Waals surface area contributed by atoms with Gasteiger partial charge in [-0.25, -0.2) is 0 Å². The van der Waals surface area contributed by atoms with Crippen molar-refractivity contribution in [3.05, 3.63) is 0 Å². The molecule has 2 aliphatic rings. The quantitative estimate of drug-likeness (QED) is 0.705. The molecule has 0 aromatic heterocycles. The van der Waals surface area contributed by atoms with Crippen LogP contribution in [0.15, 0.2) is 0 Å². The van der Waals surface area contributed by atoms with Gasteiger partial charge in [0, 0.05) is 32.2 Å². The molecule has 86 valence electrons. The molecule has 1 unspecified atom stereocenters. The van der Waals surface area contributed by atoms with Crippen molar-refractivity contribution in [1.82, 2.24) is 15.1 Å². The first-order valence-corrected chi connectivity index (χ1v) is 5.93. The van der Waals surface area contributed by atoms with E-state index < -0.39 is 0 Å². The highest BCUT2D eigenvalue weighted by atomic mass is 16.2. The van der Waals surface area contributed by atoms with Gasteiger partial charge >= 0.3 is 0 Å². The lowest BCUT2D eigenvalue weighted by atomic mass is 10.1. The molecule has 1 N–H and O–H groups in total. The second-order valence-electron chi connectivity index (χ2n) is 4.58. The zero-order chi connectivity index (χ0) is 10.8. The molecule has 0 aromatic carbocycles. The summed E-state index contributed by atoms with van der Waals surface area (Å²) in [6.45, 7) is 5.93. The average molecular weight is 211 g/mol. The van der Waals surface area contributed by atoms with E-state index in [0.29, 0.717) is 11.9 Å². The molecule has 4 nitrogen and oxygen atoms in total. The lowest BCUT2D eigenvalue weighted by molar-refractivity contribution is -0.141. The van der Waals surface area contributed by atoms with E-state index in [4.69, 9.17) is 0 Å². The Morgan fingerprint density at radius 3 is 2.73 bits per heavy atom. The van der Waals surface area contributed by atoms with Gasteiger partial charge in [-0.3, -0.25) is 9.69 Å². The fraction of sp³-hybridized carbons (Fsp3) is 0.909. The van der Waals surface area contributed by atoms with Crippen LogP contribution in [0.2, 0.25) is 0 Å². The molecule has 1 atom stereocenters. The van der Waals surface area contributed by atoms with Gasteiger partial charge in [-0.1, -0.05) is 0 Å². The van der Waals surface area contributed by atoms with E-state index in [1.807, 2.05) is 14.0 Å². The van der Waals surface area contributed by atoms with Gasteiger partial charge in [0.25, 0.3) is 0 Å². The van der Waals surface area contributed by atoms with Gasteiger partial charge in [-0.05, 0) is 26.8 Å². The van der Waals surface area contributed by atoms with Crippen LogP contribution >= 0.6 is 0 Å². The molecule has 15 heavy (non-hydrogen) atoms. The predicted octanol–water partition coefficient (Wildman–Crippen LogP) is -0.0991. The second kappa shape index (κ2) is 4.49. The molecule has 1 amide bonds. The number of carbonyl (C=O) groups is 1. The Kier molecular flexibility index (Phi) is 3.26. The molecule has 1 aliphatic carbocycles. The predicted molar refractivity (Wildman–Crippen MR) is 59.7 cm³/mol. The highest BCUT2D eigenvalue weighted by Gasteiger charge is 2.39. The van der Waals surface area contributed by atoms with Crippen LogP contribution in [0.5, 0.6) is 0 Å². The molecule has 0 spiro atoms. The topological polar surface area (TPSA) is 35.6 Å². The number of rotatable bonds is 4. The summed E-state index contributed by atoms with van der Waals surface area (Å²) >= 11 is 0. The van der Waals surface area contributed by atoms with Crippen molar-refractivity contribution in [2.24, 2.45) is 0 Å². The van der Waals surface area contributed by atoms with E-state index in [2.05, 4.69) is 15.1 Å². The zero-order valence-corrected chi connectivity index (χ0v) is 9.70. The van der Waals surface area contributed by atoms with Gasteiger partial charge < -0.3 is 10.2 Å². The Balaban J connectivity index is 1.88. The van der Waals surface area contributed by atoms with E-state index >= 15 is 0 Å². The van der Waals surface area contributed by atoms with Crippen LogP contribution in [0.4, 0.5) is 0 Å². The summed E-state index contributed by atoms with van der Waals surface area (Å²) in [6.07, 6.45) is 2.43. The monoisotopic (exact) mass is 211 g/mol. The van der Waals surface area contributed by atoms with Crippen molar-refractivity contribution < 1.29 is 4.79 Å². The van der Waals surface area contributed by atoms with E-state index in [1.165, 1.54) is 12.8 Å². The fourth-order valence-corrected chi connectivity index (χ4v) is 2.25. The van der Waals surface area contributed by atoms with Crippen molar-refractivity contribution in [1.29, 1.82) is 0 Å². The third kappa shape index (κ3) is 2.32. The van der Waals surface area contributed by atoms with Crippen LogP contribution in [0.3, 0.4) is 0 Å². The molecule has 1 aliphatic heterocycles. The first kappa shape index (κ1) is 10.9. The van der Waals surface area contributed by atoms with Gasteiger partial charge in [-0.2, -0.15) is 0 Å². The maximum absolute atomic E-state index is 12.0. The van der Waals surface area contributed by atoms with Gasteiger partial charge in [-0.15, -0.1) is 0 Å². The Morgan fingerprint density at radius 2 is 2.13 bits per heavy atom. The number of likely N-dealkylation sites (N-methyl/N-ethyl adjacent to an activating group) is 1. The molecule has 0 radical (unpaired) electrons. The SMILES string of the molecule is CNCCN1CCN(C2CC2)C(=O)C1C. The van der Waals surface area contributed by atoms with Crippen LogP contribution in [0, 0.1) is 0 Å². The van der Waals surface area contributed by atoms with Crippen molar-refractivity contribution in [2.45, 2.75) is 31.8 Å². The fourth-order valence-electron chi connectivity index (χ4n) is 2.25. The number of hydrogen-bond acceptors (Lipinski definition) is 3. The minimum Gasteiger partial charge on any atom is -0.337 e. The van der Waals surface area contributed by atoms with E-state index in [9.17, 15) is 4.79 Å². The Labute approximate surface area is 91.6 Å². The summed E-state index contributed by atoms with van der Waals surface area (Å²) in [4.78, 5) is 16.4. The molecule has 0 bridgehead atoms. The molecular formula is C11H21N3O. The summed E-state index contributed by atoms with van der Waals surface area (Å²) < 4.78 is 0. The molecule has 4 heteroatoms. The highest BCUT2D eigenvalue weighted by Crippen LogP contribution is 2.29. The van der Waals surface area contributed by atoms with Crippen LogP contribution < -0.4 is 5.32 Å². The summed E-state index contributed by atoms with van der Waals surface area (Å²) in [5, 5.41) is 3.13.